The van der Waals surface area contributed by atoms with Gasteiger partial charge in [-0.1, -0.05) is 0 Å². The Kier molecular flexibility index (Phi) is 6.92. The van der Waals surface area contributed by atoms with Crippen LogP contribution in [-0.2, 0) is 9.53 Å². The van der Waals surface area contributed by atoms with Crippen LogP contribution in [-0.4, -0.2) is 74.2 Å². The predicted molar refractivity (Wildman–Crippen MR) is 81.9 cm³/mol. The molecule has 5 heteroatoms. The van der Waals surface area contributed by atoms with Crippen molar-refractivity contribution in [1.29, 1.82) is 0 Å². The van der Waals surface area contributed by atoms with Crippen molar-refractivity contribution in [3.05, 3.63) is 0 Å². The summed E-state index contributed by atoms with van der Waals surface area (Å²) in [6.45, 7) is 12.0. The molecule has 0 aromatic heterocycles. The number of rotatable bonds is 7. The molecule has 0 saturated carbocycles. The third kappa shape index (κ3) is 4.72. The van der Waals surface area contributed by atoms with Crippen molar-refractivity contribution in [1.82, 2.24) is 15.1 Å². The molecule has 1 rings (SSSR count). The van der Waals surface area contributed by atoms with Gasteiger partial charge in [0.2, 0.25) is 0 Å². The fourth-order valence-electron chi connectivity index (χ4n) is 2.71. The Bertz CT molecular complexity index is 301. The Hall–Kier alpha value is -0.650. The summed E-state index contributed by atoms with van der Waals surface area (Å²) in [6.07, 6.45) is 1.81. The largest absolute Gasteiger partial charge is 0.468 e. The zero-order valence-corrected chi connectivity index (χ0v) is 13.7. The lowest BCUT2D eigenvalue weighted by molar-refractivity contribution is -0.148. The van der Waals surface area contributed by atoms with E-state index in [4.69, 9.17) is 4.74 Å². The van der Waals surface area contributed by atoms with E-state index in [9.17, 15) is 4.79 Å². The smallest absolute Gasteiger partial charge is 0.325 e. The Morgan fingerprint density at radius 1 is 1.30 bits per heavy atom. The molecule has 0 spiro atoms. The number of carbonyl (C=O) groups excluding carboxylic acids is 1. The number of nitrogens with one attached hydrogen (secondary N) is 1. The Labute approximate surface area is 123 Å². The van der Waals surface area contributed by atoms with Crippen LogP contribution in [0.5, 0.6) is 0 Å². The second-order valence-corrected chi connectivity index (χ2v) is 6.15. The molecule has 1 saturated heterocycles. The molecule has 1 heterocycles. The molecule has 20 heavy (non-hydrogen) atoms. The van der Waals surface area contributed by atoms with Gasteiger partial charge >= 0.3 is 5.97 Å². The number of piperazine rings is 1. The van der Waals surface area contributed by atoms with Gasteiger partial charge in [-0.2, -0.15) is 0 Å². The number of carbonyl (C=O) groups is 1. The van der Waals surface area contributed by atoms with E-state index in [2.05, 4.69) is 29.0 Å². The summed E-state index contributed by atoms with van der Waals surface area (Å²) in [5.74, 6) is -0.176. The first kappa shape index (κ1) is 17.4. The summed E-state index contributed by atoms with van der Waals surface area (Å²) < 4.78 is 4.87. The Morgan fingerprint density at radius 3 is 2.35 bits per heavy atom. The minimum atomic E-state index is -0.561. The number of likely N-dealkylation sites (N-methyl/N-ethyl adjacent to an activating group) is 1. The van der Waals surface area contributed by atoms with E-state index in [-0.39, 0.29) is 5.97 Å². The second-order valence-electron chi connectivity index (χ2n) is 6.15. The topological polar surface area (TPSA) is 44.8 Å². The highest BCUT2D eigenvalue weighted by molar-refractivity contribution is 5.80. The van der Waals surface area contributed by atoms with Crippen molar-refractivity contribution in [2.75, 3.05) is 46.9 Å². The van der Waals surface area contributed by atoms with Gasteiger partial charge in [-0.25, -0.2) is 0 Å². The zero-order valence-electron chi connectivity index (χ0n) is 13.7. The SMILES string of the molecule is CNC(C)(CCCN1CCN(C(C)C)CC1)C(=O)OC. The van der Waals surface area contributed by atoms with E-state index >= 15 is 0 Å². The second kappa shape index (κ2) is 7.96. The van der Waals surface area contributed by atoms with Crippen LogP contribution >= 0.6 is 0 Å². The predicted octanol–water partition coefficient (Wildman–Crippen LogP) is 0.944. The van der Waals surface area contributed by atoms with E-state index in [0.717, 1.165) is 45.6 Å². The summed E-state index contributed by atoms with van der Waals surface area (Å²) in [5.41, 5.74) is -0.561. The first-order valence-electron chi connectivity index (χ1n) is 7.66. The van der Waals surface area contributed by atoms with Crippen LogP contribution in [0.2, 0.25) is 0 Å². The standard InChI is InChI=1S/C15H31N3O2/c1-13(2)18-11-9-17(10-12-18)8-6-7-15(3,16-4)14(19)20-5/h13,16H,6-12H2,1-5H3. The summed E-state index contributed by atoms with van der Waals surface area (Å²) in [6, 6.07) is 0.643. The van der Waals surface area contributed by atoms with Gasteiger partial charge in [0.1, 0.15) is 5.54 Å². The molecule has 1 aliphatic rings. The van der Waals surface area contributed by atoms with Gasteiger partial charge in [0.15, 0.2) is 0 Å². The van der Waals surface area contributed by atoms with Crippen LogP contribution in [0.3, 0.4) is 0 Å². The first-order valence-corrected chi connectivity index (χ1v) is 7.66. The zero-order chi connectivity index (χ0) is 15.2. The van der Waals surface area contributed by atoms with E-state index < -0.39 is 5.54 Å². The van der Waals surface area contributed by atoms with E-state index in [0.29, 0.717) is 6.04 Å². The molecule has 0 bridgehead atoms. The maximum absolute atomic E-state index is 11.8. The normalized spacial score (nSPS) is 20.9. The van der Waals surface area contributed by atoms with Crippen LogP contribution < -0.4 is 5.32 Å². The maximum Gasteiger partial charge on any atom is 0.325 e. The molecular formula is C15H31N3O2. The van der Waals surface area contributed by atoms with Gasteiger partial charge < -0.3 is 15.0 Å². The molecule has 5 nitrogen and oxygen atoms in total. The van der Waals surface area contributed by atoms with E-state index in [1.54, 1.807) is 0 Å². The minimum Gasteiger partial charge on any atom is -0.468 e. The van der Waals surface area contributed by atoms with Crippen LogP contribution in [0.15, 0.2) is 0 Å². The molecule has 1 atom stereocenters. The molecule has 1 unspecified atom stereocenters. The number of esters is 1. The quantitative estimate of drug-likeness (QED) is 0.706. The molecule has 0 radical (unpaired) electrons. The van der Waals surface area contributed by atoms with Gasteiger partial charge in [-0.3, -0.25) is 9.69 Å². The van der Waals surface area contributed by atoms with Crippen molar-refractivity contribution in [2.45, 2.75) is 45.2 Å². The van der Waals surface area contributed by atoms with Crippen LogP contribution in [0.1, 0.15) is 33.6 Å². The summed E-state index contributed by atoms with van der Waals surface area (Å²) in [4.78, 5) is 16.8. The van der Waals surface area contributed by atoms with Crippen molar-refractivity contribution in [3.63, 3.8) is 0 Å². The molecular weight excluding hydrogens is 254 g/mol. The molecule has 0 aromatic rings. The van der Waals surface area contributed by atoms with E-state index in [1.165, 1.54) is 7.11 Å². The van der Waals surface area contributed by atoms with E-state index in [1.807, 2.05) is 14.0 Å². The average Bonchev–Trinajstić information content (AvgIpc) is 2.46. The van der Waals surface area contributed by atoms with Crippen molar-refractivity contribution >= 4 is 5.97 Å². The molecule has 0 amide bonds. The first-order chi connectivity index (χ1) is 9.42. The molecule has 0 aliphatic carbocycles. The van der Waals surface area contributed by atoms with Gasteiger partial charge in [-0.05, 0) is 47.2 Å². The van der Waals surface area contributed by atoms with Gasteiger partial charge in [0.05, 0.1) is 7.11 Å². The monoisotopic (exact) mass is 285 g/mol. The molecule has 1 N–H and O–H groups in total. The number of hydrogen-bond donors (Lipinski definition) is 1. The van der Waals surface area contributed by atoms with Crippen LogP contribution in [0.4, 0.5) is 0 Å². The van der Waals surface area contributed by atoms with Crippen molar-refractivity contribution in [3.8, 4) is 0 Å². The fourth-order valence-corrected chi connectivity index (χ4v) is 2.71. The Balaban J connectivity index is 2.29. The van der Waals surface area contributed by atoms with Gasteiger partial charge in [0.25, 0.3) is 0 Å². The number of hydrogen-bond acceptors (Lipinski definition) is 5. The highest BCUT2D eigenvalue weighted by Gasteiger charge is 2.32. The van der Waals surface area contributed by atoms with Crippen LogP contribution in [0.25, 0.3) is 0 Å². The summed E-state index contributed by atoms with van der Waals surface area (Å²) in [5, 5.41) is 3.09. The van der Waals surface area contributed by atoms with Crippen LogP contribution in [0, 0.1) is 0 Å². The highest BCUT2D eigenvalue weighted by Crippen LogP contribution is 2.15. The third-order valence-electron chi connectivity index (χ3n) is 4.48. The van der Waals surface area contributed by atoms with Gasteiger partial charge in [0, 0.05) is 32.2 Å². The summed E-state index contributed by atoms with van der Waals surface area (Å²) >= 11 is 0. The highest BCUT2D eigenvalue weighted by atomic mass is 16.5. The van der Waals surface area contributed by atoms with Gasteiger partial charge in [-0.15, -0.1) is 0 Å². The average molecular weight is 285 g/mol. The molecule has 1 fully saturated rings. The minimum absolute atomic E-state index is 0.176. The lowest BCUT2D eigenvalue weighted by Gasteiger charge is -2.37. The molecule has 118 valence electrons. The summed E-state index contributed by atoms with van der Waals surface area (Å²) in [7, 11) is 3.27. The lowest BCUT2D eigenvalue weighted by Crippen LogP contribution is -2.50. The molecule has 0 aromatic carbocycles. The van der Waals surface area contributed by atoms with Crippen molar-refractivity contribution in [2.24, 2.45) is 0 Å². The Morgan fingerprint density at radius 2 is 1.90 bits per heavy atom. The number of methoxy groups -OCH3 is 1. The van der Waals surface area contributed by atoms with Crippen molar-refractivity contribution < 1.29 is 9.53 Å². The third-order valence-corrected chi connectivity index (χ3v) is 4.48. The maximum atomic E-state index is 11.8. The number of ether oxygens (including phenoxy) is 1. The lowest BCUT2D eigenvalue weighted by atomic mass is 9.96. The molecule has 1 aliphatic heterocycles. The number of nitrogens with zero attached hydrogens (tertiary/aromatic N) is 2. The fraction of sp³-hybridized carbons (Fsp3) is 0.933.